The van der Waals surface area contributed by atoms with E-state index in [4.69, 9.17) is 0 Å². The summed E-state index contributed by atoms with van der Waals surface area (Å²) in [5, 5.41) is 4.60. The first-order chi connectivity index (χ1) is 9.53. The number of aromatic nitrogens is 2. The minimum absolute atomic E-state index is 0.142. The highest BCUT2D eigenvalue weighted by Crippen LogP contribution is 2.23. The van der Waals surface area contributed by atoms with Gasteiger partial charge in [0, 0.05) is 43.2 Å². The minimum Gasteiger partial charge on any atom is -0.331 e. The van der Waals surface area contributed by atoms with Crippen molar-refractivity contribution < 1.29 is 8.42 Å². The Morgan fingerprint density at radius 1 is 1.45 bits per heavy atom. The Morgan fingerprint density at radius 2 is 2.25 bits per heavy atom. The molecule has 0 unspecified atom stereocenters. The number of fused-ring (bicyclic) bond motifs is 1. The fourth-order valence-electron chi connectivity index (χ4n) is 2.31. The van der Waals surface area contributed by atoms with Gasteiger partial charge in [0.25, 0.3) is 0 Å². The lowest BCUT2D eigenvalue weighted by Gasteiger charge is -2.02. The fraction of sp³-hybridized carbons (Fsp3) is 0.500. The number of pyridine rings is 1. The Kier molecular flexibility index (Phi) is 3.52. The monoisotopic (exact) mass is 293 g/mol. The smallest absolute Gasteiger partial charge is 0.149 e. The SMILES string of the molecule is CS(=O)(=O)CCn1cc(CNC2CC2)c2cccnc21. The van der Waals surface area contributed by atoms with E-state index in [0.717, 1.165) is 17.6 Å². The second kappa shape index (κ2) is 5.18. The van der Waals surface area contributed by atoms with E-state index in [9.17, 15) is 8.42 Å². The van der Waals surface area contributed by atoms with Crippen molar-refractivity contribution in [3.8, 4) is 0 Å². The van der Waals surface area contributed by atoms with Crippen molar-refractivity contribution in [1.82, 2.24) is 14.9 Å². The largest absolute Gasteiger partial charge is 0.331 e. The summed E-state index contributed by atoms with van der Waals surface area (Å²) in [6.45, 7) is 1.27. The van der Waals surface area contributed by atoms with E-state index in [1.165, 1.54) is 24.7 Å². The van der Waals surface area contributed by atoms with E-state index in [1.807, 2.05) is 22.9 Å². The Labute approximate surface area is 118 Å². The molecule has 0 saturated heterocycles. The van der Waals surface area contributed by atoms with Gasteiger partial charge < -0.3 is 9.88 Å². The third-order valence-electron chi connectivity index (χ3n) is 3.58. The summed E-state index contributed by atoms with van der Waals surface area (Å²) in [6, 6.07) is 4.62. The zero-order valence-corrected chi connectivity index (χ0v) is 12.4. The first-order valence-electron chi connectivity index (χ1n) is 6.87. The van der Waals surface area contributed by atoms with Crippen LogP contribution in [-0.2, 0) is 22.9 Å². The molecule has 20 heavy (non-hydrogen) atoms. The van der Waals surface area contributed by atoms with Gasteiger partial charge in [-0.3, -0.25) is 0 Å². The summed E-state index contributed by atoms with van der Waals surface area (Å²) in [6.07, 6.45) is 7.55. The Hall–Kier alpha value is -1.40. The molecule has 2 heterocycles. The lowest BCUT2D eigenvalue weighted by Crippen LogP contribution is -2.15. The van der Waals surface area contributed by atoms with Crippen molar-refractivity contribution in [3.05, 3.63) is 30.1 Å². The second-order valence-electron chi connectivity index (χ2n) is 5.51. The van der Waals surface area contributed by atoms with Gasteiger partial charge in [-0.15, -0.1) is 0 Å². The van der Waals surface area contributed by atoms with Crippen LogP contribution in [0.5, 0.6) is 0 Å². The predicted molar refractivity (Wildman–Crippen MR) is 79.3 cm³/mol. The molecule has 5 nitrogen and oxygen atoms in total. The van der Waals surface area contributed by atoms with Gasteiger partial charge >= 0.3 is 0 Å². The first-order valence-corrected chi connectivity index (χ1v) is 8.93. The van der Waals surface area contributed by atoms with Gasteiger partial charge in [-0.05, 0) is 30.5 Å². The molecule has 0 spiro atoms. The summed E-state index contributed by atoms with van der Waals surface area (Å²) in [4.78, 5) is 4.39. The molecule has 3 rings (SSSR count). The predicted octanol–water partition coefficient (Wildman–Crippen LogP) is 1.33. The van der Waals surface area contributed by atoms with Gasteiger partial charge in [0.15, 0.2) is 0 Å². The highest BCUT2D eigenvalue weighted by atomic mass is 32.2. The molecule has 1 N–H and O–H groups in total. The zero-order chi connectivity index (χ0) is 14.2. The summed E-state index contributed by atoms with van der Waals surface area (Å²) >= 11 is 0. The average molecular weight is 293 g/mol. The van der Waals surface area contributed by atoms with Crippen LogP contribution in [0.25, 0.3) is 11.0 Å². The van der Waals surface area contributed by atoms with E-state index in [1.54, 1.807) is 6.20 Å². The van der Waals surface area contributed by atoms with Gasteiger partial charge in [0.1, 0.15) is 15.5 Å². The Bertz CT molecular complexity index is 717. The molecule has 0 bridgehead atoms. The summed E-state index contributed by atoms with van der Waals surface area (Å²) < 4.78 is 24.6. The molecule has 0 aliphatic heterocycles. The van der Waals surface area contributed by atoms with E-state index >= 15 is 0 Å². The van der Waals surface area contributed by atoms with Crippen LogP contribution in [0.3, 0.4) is 0 Å². The molecule has 1 fully saturated rings. The van der Waals surface area contributed by atoms with E-state index in [-0.39, 0.29) is 5.75 Å². The number of aryl methyl sites for hydroxylation is 1. The van der Waals surface area contributed by atoms with Gasteiger partial charge in [-0.2, -0.15) is 0 Å². The maximum atomic E-state index is 11.3. The van der Waals surface area contributed by atoms with Crippen LogP contribution in [0.15, 0.2) is 24.5 Å². The maximum absolute atomic E-state index is 11.3. The Morgan fingerprint density at radius 3 is 2.95 bits per heavy atom. The van der Waals surface area contributed by atoms with Gasteiger partial charge in [0.05, 0.1) is 5.75 Å². The van der Waals surface area contributed by atoms with Gasteiger partial charge in [0.2, 0.25) is 0 Å². The topological polar surface area (TPSA) is 64.0 Å². The maximum Gasteiger partial charge on any atom is 0.149 e. The standard InChI is InChI=1S/C14H19N3O2S/c1-20(18,19)8-7-17-10-11(9-16-12-4-5-12)13-3-2-6-15-14(13)17/h2-3,6,10,12,16H,4-5,7-9H2,1H3. The van der Waals surface area contributed by atoms with Crippen LogP contribution < -0.4 is 5.32 Å². The van der Waals surface area contributed by atoms with Crippen molar-refractivity contribution in [3.63, 3.8) is 0 Å². The van der Waals surface area contributed by atoms with Crippen molar-refractivity contribution in [2.45, 2.75) is 32.0 Å². The lowest BCUT2D eigenvalue weighted by atomic mass is 10.2. The number of sulfone groups is 1. The molecule has 1 aliphatic carbocycles. The van der Waals surface area contributed by atoms with Crippen molar-refractivity contribution in [2.24, 2.45) is 0 Å². The highest BCUT2D eigenvalue weighted by molar-refractivity contribution is 7.90. The third kappa shape index (κ3) is 3.19. The normalized spacial score (nSPS) is 15.8. The molecule has 0 aromatic carbocycles. The number of nitrogens with one attached hydrogen (secondary N) is 1. The molecule has 0 radical (unpaired) electrons. The summed E-state index contributed by atoms with van der Waals surface area (Å²) in [5.74, 6) is 0.142. The van der Waals surface area contributed by atoms with Crippen LogP contribution >= 0.6 is 0 Å². The fourth-order valence-corrected chi connectivity index (χ4v) is 2.84. The van der Waals surface area contributed by atoms with Crippen LogP contribution in [0, 0.1) is 0 Å². The average Bonchev–Trinajstić information content (AvgIpc) is 3.16. The van der Waals surface area contributed by atoms with Crippen LogP contribution in [-0.4, -0.2) is 36.0 Å². The second-order valence-corrected chi connectivity index (χ2v) is 7.77. The van der Waals surface area contributed by atoms with E-state index in [0.29, 0.717) is 12.6 Å². The van der Waals surface area contributed by atoms with Crippen LogP contribution in [0.1, 0.15) is 18.4 Å². The summed E-state index contributed by atoms with van der Waals surface area (Å²) in [7, 11) is -2.96. The van der Waals surface area contributed by atoms with E-state index < -0.39 is 9.84 Å². The van der Waals surface area contributed by atoms with E-state index in [2.05, 4.69) is 10.3 Å². The van der Waals surface area contributed by atoms with Crippen molar-refractivity contribution in [2.75, 3.05) is 12.0 Å². The molecule has 108 valence electrons. The lowest BCUT2D eigenvalue weighted by molar-refractivity contribution is 0.595. The number of rotatable bonds is 6. The molecule has 0 atom stereocenters. The Balaban J connectivity index is 1.86. The van der Waals surface area contributed by atoms with Crippen molar-refractivity contribution >= 4 is 20.9 Å². The summed E-state index contributed by atoms with van der Waals surface area (Å²) in [5.41, 5.74) is 2.05. The number of hydrogen-bond acceptors (Lipinski definition) is 4. The molecule has 0 amide bonds. The third-order valence-corrected chi connectivity index (χ3v) is 4.50. The molecule has 2 aromatic rings. The van der Waals surface area contributed by atoms with Gasteiger partial charge in [-0.25, -0.2) is 13.4 Å². The van der Waals surface area contributed by atoms with Crippen molar-refractivity contribution in [1.29, 1.82) is 0 Å². The quantitative estimate of drug-likeness (QED) is 0.873. The molecule has 1 saturated carbocycles. The van der Waals surface area contributed by atoms with Gasteiger partial charge in [-0.1, -0.05) is 0 Å². The molecule has 1 aliphatic rings. The number of hydrogen-bond donors (Lipinski definition) is 1. The molecular formula is C14H19N3O2S. The minimum atomic E-state index is -2.96. The molecular weight excluding hydrogens is 274 g/mol. The molecule has 2 aromatic heterocycles. The highest BCUT2D eigenvalue weighted by Gasteiger charge is 2.21. The zero-order valence-electron chi connectivity index (χ0n) is 11.5. The molecule has 6 heteroatoms. The van der Waals surface area contributed by atoms with Crippen LogP contribution in [0.2, 0.25) is 0 Å². The first kappa shape index (κ1) is 13.6. The van der Waals surface area contributed by atoms with Crippen LogP contribution in [0.4, 0.5) is 0 Å². The number of nitrogens with zero attached hydrogens (tertiary/aromatic N) is 2.